The van der Waals surface area contributed by atoms with Crippen LogP contribution in [-0.2, 0) is 23.2 Å². The van der Waals surface area contributed by atoms with Gasteiger partial charge in [-0.15, -0.1) is 0 Å². The number of nitrogens with zero attached hydrogens (tertiary/aromatic N) is 1. The van der Waals surface area contributed by atoms with Crippen molar-refractivity contribution in [3.8, 4) is 0 Å². The summed E-state index contributed by atoms with van der Waals surface area (Å²) >= 11 is 0. The first-order chi connectivity index (χ1) is 12.3. The largest absolute Gasteiger partial charge is 0.350 e. The van der Waals surface area contributed by atoms with E-state index in [9.17, 15) is 14.2 Å². The third-order valence-electron chi connectivity index (χ3n) is 3.97. The van der Waals surface area contributed by atoms with Crippen molar-refractivity contribution in [2.24, 2.45) is 0 Å². The molecule has 1 amide bonds. The van der Waals surface area contributed by atoms with Crippen LogP contribution in [0.2, 0.25) is 0 Å². The number of anilines is 1. The van der Waals surface area contributed by atoms with E-state index in [0.717, 1.165) is 0 Å². The molecule has 0 unspecified atom stereocenters. The number of hydrogen-bond acceptors (Lipinski definition) is 7. The molecule has 26 heavy (non-hydrogen) atoms. The van der Waals surface area contributed by atoms with E-state index < -0.39 is 19.5 Å². The summed E-state index contributed by atoms with van der Waals surface area (Å²) < 4.78 is 23.6. The summed E-state index contributed by atoms with van der Waals surface area (Å²) in [6, 6.07) is 6.58. The first-order valence-corrected chi connectivity index (χ1v) is 10.1. The van der Waals surface area contributed by atoms with Crippen LogP contribution >= 0.6 is 7.60 Å². The fourth-order valence-corrected chi connectivity index (χ4v) is 4.76. The zero-order valence-corrected chi connectivity index (χ0v) is 16.3. The smallest absolute Gasteiger partial charge is 0.324 e. The highest BCUT2D eigenvalue weighted by Crippen LogP contribution is 2.57. The molecule has 1 aromatic carbocycles. The summed E-state index contributed by atoms with van der Waals surface area (Å²) in [7, 11) is -1.82. The lowest BCUT2D eigenvalue weighted by Gasteiger charge is -2.25. The Kier molecular flexibility index (Phi) is 7.08. The average molecular weight is 384 g/mol. The van der Waals surface area contributed by atoms with Gasteiger partial charge in [0, 0.05) is 24.7 Å². The molecule has 9 heteroatoms. The molecular formula is C17H25N2O6P. The fourth-order valence-electron chi connectivity index (χ4n) is 2.72. The maximum atomic E-state index is 12.9. The predicted molar refractivity (Wildman–Crippen MR) is 97.0 cm³/mol. The molecule has 0 radical (unpaired) electrons. The minimum Gasteiger partial charge on any atom is -0.324 e. The Bertz CT molecular complexity index is 683. The maximum Gasteiger partial charge on any atom is 0.350 e. The molecular weight excluding hydrogens is 359 g/mol. The van der Waals surface area contributed by atoms with Crippen LogP contribution in [0.5, 0.6) is 0 Å². The van der Waals surface area contributed by atoms with Crippen LogP contribution in [0.4, 0.5) is 5.69 Å². The van der Waals surface area contributed by atoms with Gasteiger partial charge >= 0.3 is 7.60 Å². The number of carbonyl (C=O) groups is 2. The molecule has 0 aromatic heterocycles. The van der Waals surface area contributed by atoms with E-state index in [0.29, 0.717) is 11.3 Å². The lowest BCUT2D eigenvalue weighted by molar-refractivity contribution is -0.155. The van der Waals surface area contributed by atoms with E-state index >= 15 is 0 Å². The molecule has 1 aliphatic rings. The molecule has 0 aliphatic carbocycles. The maximum absolute atomic E-state index is 12.9. The van der Waals surface area contributed by atoms with Crippen molar-refractivity contribution in [2.75, 3.05) is 25.6 Å². The fraction of sp³-hybridized carbons (Fsp3) is 0.529. The minimum atomic E-state index is -3.42. The Hall–Kier alpha value is -1.57. The van der Waals surface area contributed by atoms with Gasteiger partial charge in [0.15, 0.2) is 11.9 Å². The van der Waals surface area contributed by atoms with Crippen molar-refractivity contribution in [2.45, 2.75) is 39.1 Å². The van der Waals surface area contributed by atoms with Gasteiger partial charge in [-0.05, 0) is 45.0 Å². The van der Waals surface area contributed by atoms with Crippen LogP contribution in [0.1, 0.15) is 37.6 Å². The Morgan fingerprint density at radius 1 is 1.23 bits per heavy atom. The highest BCUT2D eigenvalue weighted by Gasteiger charge is 2.48. The molecule has 1 fully saturated rings. The molecule has 2 atom stereocenters. The molecule has 0 bridgehead atoms. The number of benzene rings is 1. The van der Waals surface area contributed by atoms with Crippen molar-refractivity contribution in [3.63, 3.8) is 0 Å². The molecule has 2 rings (SSSR count). The third-order valence-corrected chi connectivity index (χ3v) is 6.47. The number of amides is 1. The SMILES string of the molecule is CCOP(=O)(OCC)[C@@H]1C[C@H](C(=O)Nc2ccc(C(C)=O)cc2)ON1C. The molecule has 1 heterocycles. The van der Waals surface area contributed by atoms with Crippen molar-refractivity contribution >= 4 is 25.0 Å². The van der Waals surface area contributed by atoms with Gasteiger partial charge < -0.3 is 14.4 Å². The first-order valence-electron chi connectivity index (χ1n) is 8.51. The zero-order chi connectivity index (χ0) is 19.3. The Morgan fingerprint density at radius 3 is 2.31 bits per heavy atom. The van der Waals surface area contributed by atoms with Gasteiger partial charge in [-0.2, -0.15) is 5.06 Å². The van der Waals surface area contributed by atoms with Gasteiger partial charge in [-0.3, -0.25) is 19.0 Å². The van der Waals surface area contributed by atoms with E-state index in [1.165, 1.54) is 12.0 Å². The normalized spacial score (nSPS) is 20.9. The standard InChI is InChI=1S/C17H25N2O6P/c1-5-23-26(22,24-6-2)16-11-15(25-19(16)4)17(21)18-14-9-7-13(8-10-14)12(3)20/h7-10,15-16H,5-6,11H2,1-4H3,(H,18,21)/t15-,16-/m1/s1. The summed E-state index contributed by atoms with van der Waals surface area (Å²) in [5.74, 6) is -1.07. The average Bonchev–Trinajstić information content (AvgIpc) is 2.98. The molecule has 8 nitrogen and oxygen atoms in total. The van der Waals surface area contributed by atoms with Crippen LogP contribution in [0, 0.1) is 0 Å². The van der Waals surface area contributed by atoms with E-state index in [-0.39, 0.29) is 31.3 Å². The van der Waals surface area contributed by atoms with E-state index in [4.69, 9.17) is 13.9 Å². The number of hydrogen-bond donors (Lipinski definition) is 1. The van der Waals surface area contributed by atoms with E-state index in [1.54, 1.807) is 45.2 Å². The number of nitrogens with one attached hydrogen (secondary N) is 1. The summed E-state index contributed by atoms with van der Waals surface area (Å²) in [5.41, 5.74) is 1.11. The van der Waals surface area contributed by atoms with Gasteiger partial charge in [0.1, 0.15) is 5.78 Å². The first kappa shape index (κ1) is 20.7. The van der Waals surface area contributed by atoms with Crippen LogP contribution in [-0.4, -0.2) is 48.9 Å². The number of carbonyl (C=O) groups excluding carboxylic acids is 2. The molecule has 1 aromatic rings. The highest BCUT2D eigenvalue weighted by atomic mass is 31.2. The van der Waals surface area contributed by atoms with Crippen molar-refractivity contribution < 1.29 is 28.0 Å². The minimum absolute atomic E-state index is 0.0472. The topological polar surface area (TPSA) is 94.2 Å². The number of hydroxylamine groups is 2. The number of rotatable bonds is 8. The second kappa shape index (κ2) is 8.88. The van der Waals surface area contributed by atoms with Gasteiger partial charge in [0.05, 0.1) is 13.2 Å². The van der Waals surface area contributed by atoms with Gasteiger partial charge in [0.2, 0.25) is 0 Å². The third kappa shape index (κ3) is 4.78. The summed E-state index contributed by atoms with van der Waals surface area (Å²) in [4.78, 5) is 29.3. The number of Topliss-reactive ketones (excluding diaryl/α,β-unsaturated/α-hetero) is 1. The molecule has 0 spiro atoms. The number of ketones is 1. The summed E-state index contributed by atoms with van der Waals surface area (Å²) in [6.45, 7) is 5.42. The summed E-state index contributed by atoms with van der Waals surface area (Å²) in [5, 5.41) is 4.10. The summed E-state index contributed by atoms with van der Waals surface area (Å²) in [6.07, 6.45) is -0.628. The van der Waals surface area contributed by atoms with Crippen molar-refractivity contribution in [3.05, 3.63) is 29.8 Å². The Labute approximate surface area is 153 Å². The quantitative estimate of drug-likeness (QED) is 0.544. The van der Waals surface area contributed by atoms with Crippen LogP contribution in [0.15, 0.2) is 24.3 Å². The van der Waals surface area contributed by atoms with Crippen LogP contribution in [0.3, 0.4) is 0 Å². The molecule has 1 saturated heterocycles. The lowest BCUT2D eigenvalue weighted by Crippen LogP contribution is -2.28. The van der Waals surface area contributed by atoms with Crippen molar-refractivity contribution in [1.29, 1.82) is 0 Å². The van der Waals surface area contributed by atoms with E-state index in [2.05, 4.69) is 5.32 Å². The predicted octanol–water partition coefficient (Wildman–Crippen LogP) is 3.06. The molecule has 1 aliphatic heterocycles. The molecule has 144 valence electrons. The van der Waals surface area contributed by atoms with Gasteiger partial charge in [-0.25, -0.2) is 0 Å². The molecule has 1 N–H and O–H groups in total. The van der Waals surface area contributed by atoms with Crippen LogP contribution < -0.4 is 5.32 Å². The second-order valence-corrected chi connectivity index (χ2v) is 8.05. The van der Waals surface area contributed by atoms with E-state index in [1.807, 2.05) is 0 Å². The van der Waals surface area contributed by atoms with Crippen molar-refractivity contribution in [1.82, 2.24) is 5.06 Å². The Balaban J connectivity index is 2.04. The highest BCUT2D eigenvalue weighted by molar-refractivity contribution is 7.54. The Morgan fingerprint density at radius 2 is 1.81 bits per heavy atom. The monoisotopic (exact) mass is 384 g/mol. The van der Waals surface area contributed by atoms with Crippen LogP contribution in [0.25, 0.3) is 0 Å². The lowest BCUT2D eigenvalue weighted by atomic mass is 10.1. The van der Waals surface area contributed by atoms with Gasteiger partial charge in [-0.1, -0.05) is 0 Å². The van der Waals surface area contributed by atoms with Gasteiger partial charge in [0.25, 0.3) is 5.91 Å². The second-order valence-electron chi connectivity index (χ2n) is 5.85. The molecule has 0 saturated carbocycles. The zero-order valence-electron chi connectivity index (χ0n) is 15.4.